The van der Waals surface area contributed by atoms with Gasteiger partial charge in [-0.2, -0.15) is 0 Å². The third-order valence-corrected chi connectivity index (χ3v) is 3.55. The van der Waals surface area contributed by atoms with E-state index in [9.17, 15) is 4.79 Å². The number of carbonyl (C=O) groups is 1. The Morgan fingerprint density at radius 3 is 2.67 bits per heavy atom. The molecule has 0 fully saturated rings. The first-order valence-electron chi connectivity index (χ1n) is 7.69. The molecule has 1 aromatic carbocycles. The summed E-state index contributed by atoms with van der Waals surface area (Å²) in [5.74, 6) is 0.940. The summed E-state index contributed by atoms with van der Waals surface area (Å²) in [6.07, 6.45) is 0.829. The highest BCUT2D eigenvalue weighted by Crippen LogP contribution is 2.11. The zero-order valence-corrected chi connectivity index (χ0v) is 14.6. The Balaban J connectivity index is 1.92. The van der Waals surface area contributed by atoms with Crippen LogP contribution in [-0.2, 0) is 11.2 Å². The summed E-state index contributed by atoms with van der Waals surface area (Å²) >= 11 is 5.87. The highest BCUT2D eigenvalue weighted by molar-refractivity contribution is 6.30. The summed E-state index contributed by atoms with van der Waals surface area (Å²) in [7, 11) is 1.59. The van der Waals surface area contributed by atoms with Crippen molar-refractivity contribution in [1.82, 2.24) is 15.3 Å². The van der Waals surface area contributed by atoms with Crippen LogP contribution in [0.15, 0.2) is 30.3 Å². The van der Waals surface area contributed by atoms with Crippen molar-refractivity contribution in [1.29, 1.82) is 0 Å². The number of rotatable bonds is 8. The van der Waals surface area contributed by atoms with E-state index in [-0.39, 0.29) is 5.91 Å². The predicted molar refractivity (Wildman–Crippen MR) is 94.6 cm³/mol. The first-order valence-corrected chi connectivity index (χ1v) is 8.07. The number of carbonyl (C=O) groups excluding carboxylic acids is 1. The number of nitrogens with one attached hydrogen (secondary N) is 2. The van der Waals surface area contributed by atoms with E-state index in [4.69, 9.17) is 16.3 Å². The van der Waals surface area contributed by atoms with Gasteiger partial charge in [-0.25, -0.2) is 9.97 Å². The number of ether oxygens (including phenoxy) is 1. The molecule has 0 atom stereocenters. The third-order valence-electron chi connectivity index (χ3n) is 3.30. The summed E-state index contributed by atoms with van der Waals surface area (Å²) in [4.78, 5) is 20.5. The van der Waals surface area contributed by atoms with E-state index >= 15 is 0 Å². The largest absolute Gasteiger partial charge is 0.383 e. The molecule has 6 nitrogen and oxygen atoms in total. The van der Waals surface area contributed by atoms with Crippen LogP contribution in [0.3, 0.4) is 0 Å². The number of methoxy groups -OCH3 is 1. The maximum atomic E-state index is 12.1. The fraction of sp³-hybridized carbons (Fsp3) is 0.353. The smallest absolute Gasteiger partial charge is 0.270 e. The Hall–Kier alpha value is -2.18. The van der Waals surface area contributed by atoms with E-state index in [1.165, 1.54) is 5.56 Å². The molecule has 0 saturated heterocycles. The average molecular weight is 349 g/mol. The Morgan fingerprint density at radius 1 is 1.21 bits per heavy atom. The number of halogens is 1. The predicted octanol–water partition coefficient (Wildman–Crippen LogP) is 2.47. The molecule has 1 aromatic heterocycles. The minimum absolute atomic E-state index is 0.238. The zero-order chi connectivity index (χ0) is 17.4. The van der Waals surface area contributed by atoms with E-state index in [0.29, 0.717) is 37.0 Å². The molecule has 24 heavy (non-hydrogen) atoms. The number of nitrogens with zero attached hydrogens (tertiary/aromatic N) is 2. The lowest BCUT2D eigenvalue weighted by Crippen LogP contribution is -2.28. The van der Waals surface area contributed by atoms with Crippen molar-refractivity contribution in [3.8, 4) is 0 Å². The zero-order valence-electron chi connectivity index (χ0n) is 13.8. The van der Waals surface area contributed by atoms with Gasteiger partial charge >= 0.3 is 0 Å². The molecule has 128 valence electrons. The number of aryl methyl sites for hydroxylation is 1. The summed E-state index contributed by atoms with van der Waals surface area (Å²) in [5, 5.41) is 6.69. The van der Waals surface area contributed by atoms with Gasteiger partial charge in [-0.3, -0.25) is 4.79 Å². The lowest BCUT2D eigenvalue weighted by molar-refractivity contribution is 0.0931. The molecule has 0 radical (unpaired) electrons. The van der Waals surface area contributed by atoms with Crippen LogP contribution in [0.1, 0.15) is 21.9 Å². The van der Waals surface area contributed by atoms with Gasteiger partial charge in [0.2, 0.25) is 0 Å². The third kappa shape index (κ3) is 5.79. The quantitative estimate of drug-likeness (QED) is 0.717. The van der Waals surface area contributed by atoms with Crippen molar-refractivity contribution < 1.29 is 9.53 Å². The van der Waals surface area contributed by atoms with Crippen molar-refractivity contribution in [3.05, 3.63) is 52.4 Å². The molecule has 0 bridgehead atoms. The van der Waals surface area contributed by atoms with E-state index < -0.39 is 0 Å². The van der Waals surface area contributed by atoms with Crippen LogP contribution >= 0.6 is 11.6 Å². The molecular weight excluding hydrogens is 328 g/mol. The lowest BCUT2D eigenvalue weighted by atomic mass is 10.1. The van der Waals surface area contributed by atoms with Gasteiger partial charge in [0.1, 0.15) is 17.3 Å². The fourth-order valence-electron chi connectivity index (χ4n) is 2.12. The van der Waals surface area contributed by atoms with Gasteiger partial charge in [-0.05, 0) is 31.0 Å². The molecule has 0 aliphatic heterocycles. The Bertz CT molecular complexity index is 677. The number of benzene rings is 1. The van der Waals surface area contributed by atoms with Crippen molar-refractivity contribution in [2.24, 2.45) is 0 Å². The molecule has 0 spiro atoms. The van der Waals surface area contributed by atoms with Crippen LogP contribution in [0.2, 0.25) is 5.02 Å². The average Bonchev–Trinajstić information content (AvgIpc) is 2.56. The van der Waals surface area contributed by atoms with Gasteiger partial charge in [0.05, 0.1) is 6.61 Å². The van der Waals surface area contributed by atoms with E-state index in [0.717, 1.165) is 11.4 Å². The molecule has 2 N–H and O–H groups in total. The van der Waals surface area contributed by atoms with Gasteiger partial charge in [0.25, 0.3) is 5.91 Å². The van der Waals surface area contributed by atoms with Crippen molar-refractivity contribution >= 4 is 23.3 Å². The normalized spacial score (nSPS) is 10.5. The molecule has 1 amide bonds. The number of anilines is 1. The molecule has 7 heteroatoms. The first-order chi connectivity index (χ1) is 11.6. The molecule has 2 rings (SSSR count). The topological polar surface area (TPSA) is 76.1 Å². The van der Waals surface area contributed by atoms with Gasteiger partial charge in [0, 0.05) is 31.3 Å². The molecule has 0 saturated carbocycles. The molecule has 2 aromatic rings. The maximum absolute atomic E-state index is 12.1. The number of aromatic nitrogens is 2. The van der Waals surface area contributed by atoms with E-state index in [1.807, 2.05) is 24.3 Å². The van der Waals surface area contributed by atoms with Crippen molar-refractivity contribution in [2.45, 2.75) is 13.3 Å². The highest BCUT2D eigenvalue weighted by Gasteiger charge is 2.10. The summed E-state index contributed by atoms with van der Waals surface area (Å²) in [5.41, 5.74) is 1.52. The summed E-state index contributed by atoms with van der Waals surface area (Å²) in [6, 6.07) is 9.37. The van der Waals surface area contributed by atoms with E-state index in [1.54, 1.807) is 20.1 Å². The lowest BCUT2D eigenvalue weighted by Gasteiger charge is -2.09. The molecule has 0 aliphatic carbocycles. The second kappa shape index (κ2) is 9.20. The van der Waals surface area contributed by atoms with Gasteiger partial charge < -0.3 is 15.4 Å². The first kappa shape index (κ1) is 18.2. The van der Waals surface area contributed by atoms with Crippen LogP contribution in [0.25, 0.3) is 0 Å². The van der Waals surface area contributed by atoms with Crippen LogP contribution in [0.5, 0.6) is 0 Å². The monoisotopic (exact) mass is 348 g/mol. The van der Waals surface area contributed by atoms with Crippen LogP contribution in [0, 0.1) is 6.92 Å². The number of hydrogen-bond donors (Lipinski definition) is 2. The Morgan fingerprint density at radius 2 is 1.96 bits per heavy atom. The fourth-order valence-corrected chi connectivity index (χ4v) is 2.24. The van der Waals surface area contributed by atoms with E-state index in [2.05, 4.69) is 20.6 Å². The summed E-state index contributed by atoms with van der Waals surface area (Å²) in [6.45, 7) is 3.36. The molecule has 1 heterocycles. The highest BCUT2D eigenvalue weighted by atomic mass is 35.5. The summed E-state index contributed by atoms with van der Waals surface area (Å²) < 4.78 is 4.91. The molecule has 0 unspecified atom stereocenters. The van der Waals surface area contributed by atoms with Gasteiger partial charge in [0.15, 0.2) is 0 Å². The minimum Gasteiger partial charge on any atom is -0.383 e. The minimum atomic E-state index is -0.238. The van der Waals surface area contributed by atoms with Crippen LogP contribution < -0.4 is 10.6 Å². The molecular formula is C17H21ClN4O2. The Labute approximate surface area is 146 Å². The van der Waals surface area contributed by atoms with Crippen molar-refractivity contribution in [3.63, 3.8) is 0 Å². The SMILES string of the molecule is COCCNC(=O)c1cc(NCCc2ccc(Cl)cc2)nc(C)n1. The molecule has 0 aliphatic rings. The standard InChI is InChI=1S/C17H21ClN4O2/c1-12-21-15(17(23)20-9-10-24-2)11-16(22-12)19-8-7-13-3-5-14(18)6-4-13/h3-6,11H,7-10H2,1-2H3,(H,20,23)(H,19,21,22). The Kier molecular flexibility index (Phi) is 6.96. The van der Waals surface area contributed by atoms with Crippen LogP contribution in [0.4, 0.5) is 5.82 Å². The number of hydrogen-bond acceptors (Lipinski definition) is 5. The van der Waals surface area contributed by atoms with Crippen molar-refractivity contribution in [2.75, 3.05) is 32.1 Å². The second-order valence-corrected chi connectivity index (χ2v) is 5.67. The maximum Gasteiger partial charge on any atom is 0.270 e. The van der Waals surface area contributed by atoms with Crippen LogP contribution in [-0.4, -0.2) is 42.7 Å². The van der Waals surface area contributed by atoms with Gasteiger partial charge in [-0.1, -0.05) is 23.7 Å². The van der Waals surface area contributed by atoms with Gasteiger partial charge in [-0.15, -0.1) is 0 Å². The second-order valence-electron chi connectivity index (χ2n) is 5.24. The number of amides is 1.